The van der Waals surface area contributed by atoms with Gasteiger partial charge in [-0.3, -0.25) is 14.6 Å². The summed E-state index contributed by atoms with van der Waals surface area (Å²) in [6, 6.07) is 6.21. The van der Waals surface area contributed by atoms with Crippen molar-refractivity contribution in [1.29, 1.82) is 0 Å². The van der Waals surface area contributed by atoms with Crippen LogP contribution in [0.3, 0.4) is 0 Å². The molecule has 3 aromatic rings. The van der Waals surface area contributed by atoms with Gasteiger partial charge in [-0.2, -0.15) is 5.10 Å². The topological polar surface area (TPSA) is 76.4 Å². The largest absolute Gasteiger partial charge is 0.379 e. The molecule has 1 aliphatic heterocycles. The first kappa shape index (κ1) is 22.0. The molecule has 0 spiro atoms. The van der Waals surface area contributed by atoms with Crippen molar-refractivity contribution in [3.8, 4) is 0 Å². The van der Waals surface area contributed by atoms with Gasteiger partial charge in [0.1, 0.15) is 19.2 Å². The summed E-state index contributed by atoms with van der Waals surface area (Å²) in [5.41, 5.74) is 0.919. The third-order valence-electron chi connectivity index (χ3n) is 4.62. The van der Waals surface area contributed by atoms with Crippen molar-refractivity contribution in [2.45, 2.75) is 11.4 Å². The summed E-state index contributed by atoms with van der Waals surface area (Å²) in [6.07, 6.45) is 5.05. The quantitative estimate of drug-likeness (QED) is 0.507. The van der Waals surface area contributed by atoms with Gasteiger partial charge in [-0.1, -0.05) is 11.3 Å². The highest BCUT2D eigenvalue weighted by molar-refractivity contribution is 7.98. The van der Waals surface area contributed by atoms with Crippen LogP contribution in [0.15, 0.2) is 35.7 Å². The Bertz CT molecular complexity index is 930. The number of fused-ring (bicyclic) bond motifs is 1. The molecule has 0 bridgehead atoms. The third-order valence-corrected chi connectivity index (χ3v) is 6.39. The molecule has 1 amide bonds. The van der Waals surface area contributed by atoms with E-state index in [2.05, 4.69) is 33.4 Å². The van der Waals surface area contributed by atoms with E-state index in [9.17, 15) is 4.79 Å². The van der Waals surface area contributed by atoms with E-state index in [0.717, 1.165) is 48.2 Å². The highest BCUT2D eigenvalue weighted by Crippen LogP contribution is 2.31. The van der Waals surface area contributed by atoms with Crippen LogP contribution < -0.4 is 4.90 Å². The van der Waals surface area contributed by atoms with Crippen molar-refractivity contribution in [3.63, 3.8) is 0 Å². The van der Waals surface area contributed by atoms with Crippen LogP contribution in [0.1, 0.15) is 0 Å². The van der Waals surface area contributed by atoms with Crippen LogP contribution in [0.25, 0.3) is 10.2 Å². The lowest BCUT2D eigenvalue weighted by Gasteiger charge is -2.29. The molecule has 3 heterocycles. The molecule has 1 saturated heterocycles. The van der Waals surface area contributed by atoms with Crippen LogP contribution in [0.4, 0.5) is 5.13 Å². The Balaban J connectivity index is 0.00000240. The van der Waals surface area contributed by atoms with Crippen LogP contribution in [0, 0.1) is 0 Å². The number of thiazole rings is 1. The lowest BCUT2D eigenvalue weighted by Crippen LogP contribution is -2.44. The fourth-order valence-electron chi connectivity index (χ4n) is 3.07. The second-order valence-corrected chi connectivity index (χ2v) is 8.31. The summed E-state index contributed by atoms with van der Waals surface area (Å²) in [6.45, 7) is 4.79. The van der Waals surface area contributed by atoms with Crippen molar-refractivity contribution in [2.75, 3.05) is 50.5 Å². The number of hydrogen-bond acceptors (Lipinski definition) is 8. The average Bonchev–Trinajstić information content (AvgIpc) is 3.37. The summed E-state index contributed by atoms with van der Waals surface area (Å²) in [4.78, 5) is 27.0. The van der Waals surface area contributed by atoms with Gasteiger partial charge in [0.25, 0.3) is 5.91 Å². The molecule has 0 aliphatic carbocycles. The first-order valence-corrected chi connectivity index (χ1v) is 11.1. The van der Waals surface area contributed by atoms with Crippen LogP contribution >= 0.6 is 35.5 Å². The van der Waals surface area contributed by atoms with Gasteiger partial charge in [-0.25, -0.2) is 14.6 Å². The molecular weight excluding hydrogens is 432 g/mol. The molecular formula is C18H23ClN6O2S2. The zero-order chi connectivity index (χ0) is 19.3. The van der Waals surface area contributed by atoms with E-state index in [1.165, 1.54) is 11.2 Å². The molecule has 29 heavy (non-hydrogen) atoms. The Hall–Kier alpha value is -1.72. The van der Waals surface area contributed by atoms with Gasteiger partial charge in [-0.15, -0.1) is 24.2 Å². The molecule has 0 radical (unpaired) electrons. The number of hydrogen-bond donors (Lipinski definition) is 0. The van der Waals surface area contributed by atoms with E-state index in [1.54, 1.807) is 39.0 Å². The Labute approximate surface area is 183 Å². The highest BCUT2D eigenvalue weighted by atomic mass is 35.5. The molecule has 1 fully saturated rings. The highest BCUT2D eigenvalue weighted by Gasteiger charge is 2.22. The minimum Gasteiger partial charge on any atom is -0.379 e. The van der Waals surface area contributed by atoms with E-state index < -0.39 is 0 Å². The normalized spacial score (nSPS) is 14.7. The Morgan fingerprint density at radius 3 is 2.90 bits per heavy atom. The number of morpholine rings is 1. The Morgan fingerprint density at radius 1 is 1.34 bits per heavy atom. The predicted molar refractivity (Wildman–Crippen MR) is 118 cm³/mol. The van der Waals surface area contributed by atoms with Gasteiger partial charge in [0.15, 0.2) is 5.13 Å². The van der Waals surface area contributed by atoms with Crippen molar-refractivity contribution in [3.05, 3.63) is 30.9 Å². The molecule has 11 heteroatoms. The van der Waals surface area contributed by atoms with Crippen LogP contribution in [0.2, 0.25) is 0 Å². The average molecular weight is 455 g/mol. The van der Waals surface area contributed by atoms with Crippen LogP contribution in [0.5, 0.6) is 0 Å². The standard InChI is InChI=1S/C18H22N6O2S2.ClH/c1-27-14-2-3-15-16(10-14)28-18(21-15)24(5-4-22-6-8-26-9-7-22)17(25)11-23-13-19-12-20-23;/h2-3,10,12-13H,4-9,11H2,1H3;1H. The fraction of sp³-hybridized carbons (Fsp3) is 0.444. The maximum atomic E-state index is 13.0. The van der Waals surface area contributed by atoms with Gasteiger partial charge in [-0.05, 0) is 24.5 Å². The molecule has 1 aliphatic rings. The van der Waals surface area contributed by atoms with E-state index in [4.69, 9.17) is 9.72 Å². The molecule has 0 saturated carbocycles. The monoisotopic (exact) mass is 454 g/mol. The maximum absolute atomic E-state index is 13.0. The maximum Gasteiger partial charge on any atom is 0.250 e. The van der Waals surface area contributed by atoms with Crippen molar-refractivity contribution in [2.24, 2.45) is 0 Å². The SMILES string of the molecule is CSc1ccc2nc(N(CCN3CCOCC3)C(=O)Cn3cncn3)sc2c1.Cl. The predicted octanol–water partition coefficient (Wildman–Crippen LogP) is 2.40. The number of amides is 1. The molecule has 1 aromatic carbocycles. The smallest absolute Gasteiger partial charge is 0.250 e. The summed E-state index contributed by atoms with van der Waals surface area (Å²) >= 11 is 3.26. The van der Waals surface area contributed by atoms with Crippen LogP contribution in [-0.2, 0) is 16.1 Å². The minimum atomic E-state index is -0.0390. The molecule has 0 unspecified atom stereocenters. The molecule has 0 N–H and O–H groups in total. The number of carbonyl (C=O) groups is 1. The second kappa shape index (κ2) is 10.4. The van der Waals surface area contributed by atoms with Gasteiger partial charge in [0.05, 0.1) is 23.4 Å². The molecule has 156 valence electrons. The van der Waals surface area contributed by atoms with Crippen molar-refractivity contribution in [1.82, 2.24) is 24.6 Å². The number of aromatic nitrogens is 4. The van der Waals surface area contributed by atoms with E-state index in [0.29, 0.717) is 6.54 Å². The van der Waals surface area contributed by atoms with E-state index in [1.807, 2.05) is 6.07 Å². The number of anilines is 1. The Morgan fingerprint density at radius 2 is 2.17 bits per heavy atom. The van der Waals surface area contributed by atoms with Gasteiger partial charge in [0, 0.05) is 31.1 Å². The summed E-state index contributed by atoms with van der Waals surface area (Å²) < 4.78 is 8.05. The van der Waals surface area contributed by atoms with Crippen LogP contribution in [-0.4, -0.2) is 76.2 Å². The van der Waals surface area contributed by atoms with Crippen molar-refractivity contribution < 1.29 is 9.53 Å². The van der Waals surface area contributed by atoms with Crippen molar-refractivity contribution >= 4 is 56.8 Å². The number of rotatable bonds is 7. The van der Waals surface area contributed by atoms with E-state index >= 15 is 0 Å². The zero-order valence-electron chi connectivity index (χ0n) is 16.1. The molecule has 8 nitrogen and oxygen atoms in total. The third kappa shape index (κ3) is 5.46. The molecule has 4 rings (SSSR count). The summed E-state index contributed by atoms with van der Waals surface area (Å²) in [5.74, 6) is -0.0390. The lowest BCUT2D eigenvalue weighted by atomic mass is 10.3. The first-order chi connectivity index (χ1) is 13.7. The number of thioether (sulfide) groups is 1. The minimum absolute atomic E-state index is 0. The van der Waals surface area contributed by atoms with E-state index in [-0.39, 0.29) is 24.9 Å². The summed E-state index contributed by atoms with van der Waals surface area (Å²) in [7, 11) is 0. The van der Waals surface area contributed by atoms with Gasteiger partial charge in [0.2, 0.25) is 0 Å². The van der Waals surface area contributed by atoms with Gasteiger partial charge >= 0.3 is 0 Å². The number of carbonyl (C=O) groups excluding carboxylic acids is 1. The zero-order valence-corrected chi connectivity index (χ0v) is 18.5. The number of halogens is 1. The number of ether oxygens (including phenoxy) is 1. The summed E-state index contributed by atoms with van der Waals surface area (Å²) in [5, 5.41) is 4.79. The molecule has 2 aromatic heterocycles. The lowest BCUT2D eigenvalue weighted by molar-refractivity contribution is -0.119. The first-order valence-electron chi connectivity index (χ1n) is 9.10. The van der Waals surface area contributed by atoms with Gasteiger partial charge < -0.3 is 4.74 Å². The fourth-order valence-corrected chi connectivity index (χ4v) is 4.63. The Kier molecular flexibility index (Phi) is 7.84. The molecule has 0 atom stereocenters. The number of nitrogens with zero attached hydrogens (tertiary/aromatic N) is 6. The number of benzene rings is 1. The second-order valence-electron chi connectivity index (χ2n) is 6.42.